The number of ether oxygens (including phenoxy) is 1. The Labute approximate surface area is 127 Å². The van der Waals surface area contributed by atoms with Crippen molar-refractivity contribution in [1.29, 1.82) is 0 Å². The van der Waals surface area contributed by atoms with E-state index < -0.39 is 10.0 Å². The minimum absolute atomic E-state index is 0.155. The maximum Gasteiger partial charge on any atom is 0.244 e. The van der Waals surface area contributed by atoms with E-state index in [9.17, 15) is 13.5 Å². The van der Waals surface area contributed by atoms with Crippen LogP contribution in [0.2, 0.25) is 0 Å². The molecule has 0 aliphatic rings. The van der Waals surface area contributed by atoms with Crippen LogP contribution in [0.25, 0.3) is 0 Å². The van der Waals surface area contributed by atoms with E-state index in [0.717, 1.165) is 6.42 Å². The second kappa shape index (κ2) is 7.93. The van der Waals surface area contributed by atoms with Crippen LogP contribution in [0.5, 0.6) is 0 Å². The van der Waals surface area contributed by atoms with Crippen molar-refractivity contribution in [2.45, 2.75) is 51.3 Å². The van der Waals surface area contributed by atoms with Crippen LogP contribution in [0.15, 0.2) is 17.2 Å². The molecule has 0 amide bonds. The average Bonchev–Trinajstić information content (AvgIpc) is 2.83. The van der Waals surface area contributed by atoms with Crippen molar-refractivity contribution in [3.05, 3.63) is 18.0 Å². The zero-order valence-electron chi connectivity index (χ0n) is 13.2. The van der Waals surface area contributed by atoms with Gasteiger partial charge in [0.15, 0.2) is 0 Å². The summed E-state index contributed by atoms with van der Waals surface area (Å²) in [6, 6.07) is 1.39. The normalized spacial score (nSPS) is 12.5. The molecule has 0 radical (unpaired) electrons. The van der Waals surface area contributed by atoms with Crippen LogP contribution in [-0.4, -0.2) is 48.7 Å². The van der Waals surface area contributed by atoms with Crippen LogP contribution in [0.3, 0.4) is 0 Å². The summed E-state index contributed by atoms with van der Waals surface area (Å²) in [7, 11) is -2.03. The molecule has 21 heavy (non-hydrogen) atoms. The molecular weight excluding hydrogens is 292 g/mol. The minimum atomic E-state index is -3.58. The lowest BCUT2D eigenvalue weighted by atomic mass is 10.4. The molecule has 1 N–H and O–H groups in total. The third-order valence-corrected chi connectivity index (χ3v) is 5.33. The second-order valence-corrected chi connectivity index (χ2v) is 7.11. The van der Waals surface area contributed by atoms with Gasteiger partial charge in [0.2, 0.25) is 10.0 Å². The van der Waals surface area contributed by atoms with Crippen LogP contribution in [0.4, 0.5) is 0 Å². The number of aliphatic hydroxyl groups excluding tert-OH is 1. The van der Waals surface area contributed by atoms with Crippen molar-refractivity contribution >= 4 is 10.0 Å². The molecule has 6 nitrogen and oxygen atoms in total. The van der Waals surface area contributed by atoms with Crippen LogP contribution >= 0.6 is 0 Å². The molecule has 1 rings (SSSR count). The summed E-state index contributed by atoms with van der Waals surface area (Å²) in [4.78, 5) is 0.227. The summed E-state index contributed by atoms with van der Waals surface area (Å²) in [5, 5.41) is 9.36. The predicted molar refractivity (Wildman–Crippen MR) is 81.5 cm³/mol. The van der Waals surface area contributed by atoms with Crippen molar-refractivity contribution in [2.24, 2.45) is 0 Å². The lowest BCUT2D eigenvalue weighted by Gasteiger charge is -2.25. The first kappa shape index (κ1) is 18.2. The topological polar surface area (TPSA) is 71.8 Å². The standard InChI is InChI=1S/C14H26N2O4S/c1-5-6-15-10-14(9-13(15)11-17)21(18,19)16(12(2)3)7-8-20-4/h9-10,12,17H,5-8,11H2,1-4H3. The van der Waals surface area contributed by atoms with Gasteiger partial charge in [-0.2, -0.15) is 4.31 Å². The van der Waals surface area contributed by atoms with E-state index in [2.05, 4.69) is 0 Å². The average molecular weight is 318 g/mol. The predicted octanol–water partition coefficient (Wildman–Crippen LogP) is 1.44. The van der Waals surface area contributed by atoms with Gasteiger partial charge in [-0.25, -0.2) is 8.42 Å². The Kier molecular flexibility index (Phi) is 6.86. The fourth-order valence-corrected chi connectivity index (χ4v) is 3.91. The Balaban J connectivity index is 3.15. The molecule has 0 atom stereocenters. The first-order valence-electron chi connectivity index (χ1n) is 7.19. The lowest BCUT2D eigenvalue weighted by Crippen LogP contribution is -2.39. The van der Waals surface area contributed by atoms with Gasteiger partial charge in [-0.3, -0.25) is 0 Å². The SMILES string of the molecule is CCCn1cc(S(=O)(=O)N(CCOC)C(C)C)cc1CO. The summed E-state index contributed by atoms with van der Waals surface area (Å²) < 4.78 is 33.7. The summed E-state index contributed by atoms with van der Waals surface area (Å²) in [6.07, 6.45) is 2.48. The summed E-state index contributed by atoms with van der Waals surface area (Å²) in [5.74, 6) is 0. The monoisotopic (exact) mass is 318 g/mol. The molecule has 0 fully saturated rings. The molecule has 1 heterocycles. The van der Waals surface area contributed by atoms with Crippen molar-refractivity contribution in [3.8, 4) is 0 Å². The van der Waals surface area contributed by atoms with Gasteiger partial charge >= 0.3 is 0 Å². The Morgan fingerprint density at radius 1 is 1.43 bits per heavy atom. The van der Waals surface area contributed by atoms with Crippen molar-refractivity contribution in [1.82, 2.24) is 8.87 Å². The smallest absolute Gasteiger partial charge is 0.244 e. The third-order valence-electron chi connectivity index (χ3n) is 3.29. The maximum atomic E-state index is 12.7. The first-order chi connectivity index (χ1) is 9.88. The van der Waals surface area contributed by atoms with Crippen molar-refractivity contribution in [2.75, 3.05) is 20.3 Å². The molecule has 7 heteroatoms. The number of aryl methyl sites for hydroxylation is 1. The molecule has 0 spiro atoms. The minimum Gasteiger partial charge on any atom is -0.390 e. The summed E-state index contributed by atoms with van der Waals surface area (Å²) in [6.45, 7) is 6.85. The van der Waals surface area contributed by atoms with Crippen LogP contribution in [0.1, 0.15) is 32.9 Å². The molecule has 1 aromatic heterocycles. The van der Waals surface area contributed by atoms with Gasteiger partial charge in [0.25, 0.3) is 0 Å². The van der Waals surface area contributed by atoms with E-state index in [4.69, 9.17) is 4.74 Å². The molecule has 1 aromatic rings. The van der Waals surface area contributed by atoms with Crippen LogP contribution < -0.4 is 0 Å². The molecule has 0 bridgehead atoms. The van der Waals surface area contributed by atoms with E-state index >= 15 is 0 Å². The number of aliphatic hydroxyl groups is 1. The first-order valence-corrected chi connectivity index (χ1v) is 8.63. The van der Waals surface area contributed by atoms with E-state index in [0.29, 0.717) is 25.4 Å². The Bertz CT molecular complexity index is 537. The number of methoxy groups -OCH3 is 1. The fraction of sp³-hybridized carbons (Fsp3) is 0.714. The molecule has 122 valence electrons. The highest BCUT2D eigenvalue weighted by molar-refractivity contribution is 7.89. The van der Waals surface area contributed by atoms with E-state index in [-0.39, 0.29) is 17.5 Å². The van der Waals surface area contributed by atoms with Crippen molar-refractivity contribution < 1.29 is 18.3 Å². The number of aromatic nitrogens is 1. The van der Waals surface area contributed by atoms with E-state index in [1.807, 2.05) is 20.8 Å². The molecule has 0 aromatic carbocycles. The number of hydrogen-bond acceptors (Lipinski definition) is 4. The highest BCUT2D eigenvalue weighted by Crippen LogP contribution is 2.21. The van der Waals surface area contributed by atoms with Gasteiger partial charge in [0, 0.05) is 38.1 Å². The molecule has 0 unspecified atom stereocenters. The second-order valence-electron chi connectivity index (χ2n) is 5.22. The number of rotatable bonds is 9. The van der Waals surface area contributed by atoms with E-state index in [1.54, 1.807) is 23.9 Å². The highest BCUT2D eigenvalue weighted by Gasteiger charge is 2.28. The number of hydrogen-bond donors (Lipinski definition) is 1. The Morgan fingerprint density at radius 3 is 2.57 bits per heavy atom. The lowest BCUT2D eigenvalue weighted by molar-refractivity contribution is 0.171. The van der Waals surface area contributed by atoms with Crippen molar-refractivity contribution in [3.63, 3.8) is 0 Å². The van der Waals surface area contributed by atoms with Gasteiger partial charge in [0.05, 0.1) is 13.2 Å². The molecular formula is C14H26N2O4S. The van der Waals surface area contributed by atoms with Gasteiger partial charge in [-0.05, 0) is 26.3 Å². The summed E-state index contributed by atoms with van der Waals surface area (Å²) >= 11 is 0. The molecule has 0 aliphatic heterocycles. The van der Waals surface area contributed by atoms with Gasteiger partial charge in [-0.15, -0.1) is 0 Å². The zero-order chi connectivity index (χ0) is 16.0. The number of nitrogens with zero attached hydrogens (tertiary/aromatic N) is 2. The van der Waals surface area contributed by atoms with Gasteiger partial charge < -0.3 is 14.4 Å². The Hall–Kier alpha value is -0.890. The highest BCUT2D eigenvalue weighted by atomic mass is 32.2. The number of sulfonamides is 1. The van der Waals surface area contributed by atoms with E-state index in [1.165, 1.54) is 4.31 Å². The Morgan fingerprint density at radius 2 is 2.10 bits per heavy atom. The largest absolute Gasteiger partial charge is 0.390 e. The maximum absolute atomic E-state index is 12.7. The quantitative estimate of drug-likeness (QED) is 0.748. The zero-order valence-corrected chi connectivity index (χ0v) is 14.1. The third kappa shape index (κ3) is 4.29. The molecule has 0 saturated carbocycles. The molecule has 0 aliphatic carbocycles. The fourth-order valence-electron chi connectivity index (χ4n) is 2.22. The molecule has 0 saturated heterocycles. The van der Waals surface area contributed by atoms with Crippen LogP contribution in [-0.2, 0) is 27.9 Å². The van der Waals surface area contributed by atoms with Gasteiger partial charge in [-0.1, -0.05) is 6.92 Å². The summed E-state index contributed by atoms with van der Waals surface area (Å²) in [5.41, 5.74) is 0.617. The van der Waals surface area contributed by atoms with Crippen LogP contribution in [0, 0.1) is 0 Å². The van der Waals surface area contributed by atoms with Gasteiger partial charge in [0.1, 0.15) is 4.90 Å².